The lowest BCUT2D eigenvalue weighted by Gasteiger charge is -2.31. The molecule has 190 valence electrons. The van der Waals surface area contributed by atoms with Crippen molar-refractivity contribution in [2.24, 2.45) is 0 Å². The molecule has 9 nitrogen and oxygen atoms in total. The Morgan fingerprint density at radius 3 is 2.51 bits per heavy atom. The number of aromatic nitrogens is 3. The summed E-state index contributed by atoms with van der Waals surface area (Å²) in [5.74, 6) is -0.703. The number of fused-ring (bicyclic) bond motifs is 1. The number of rotatable bonds is 8. The number of hydrogen-bond acceptors (Lipinski definition) is 6. The summed E-state index contributed by atoms with van der Waals surface area (Å²) >= 11 is 1.43. The summed E-state index contributed by atoms with van der Waals surface area (Å²) in [5.41, 5.74) is 2.58. The molecule has 2 aromatic carbocycles. The molecule has 4 aromatic rings. The van der Waals surface area contributed by atoms with E-state index in [4.69, 9.17) is 0 Å². The van der Waals surface area contributed by atoms with Gasteiger partial charge in [0.1, 0.15) is 18.1 Å². The summed E-state index contributed by atoms with van der Waals surface area (Å²) in [4.78, 5) is 41.5. The van der Waals surface area contributed by atoms with Gasteiger partial charge in [0.15, 0.2) is 0 Å². The number of anilines is 2. The molecule has 3 amide bonds. The van der Waals surface area contributed by atoms with Crippen molar-refractivity contribution in [1.82, 2.24) is 20.3 Å². The van der Waals surface area contributed by atoms with Gasteiger partial charge in [0.25, 0.3) is 0 Å². The van der Waals surface area contributed by atoms with Gasteiger partial charge in [-0.3, -0.25) is 19.3 Å². The van der Waals surface area contributed by atoms with Crippen LogP contribution in [0, 0.1) is 0 Å². The molecule has 2 N–H and O–H groups in total. The van der Waals surface area contributed by atoms with E-state index in [0.29, 0.717) is 16.9 Å². The van der Waals surface area contributed by atoms with Gasteiger partial charge in [0, 0.05) is 29.2 Å². The highest BCUT2D eigenvalue weighted by atomic mass is 32.1. The molecule has 1 fully saturated rings. The van der Waals surface area contributed by atoms with Gasteiger partial charge in [-0.1, -0.05) is 36.3 Å². The zero-order chi connectivity index (χ0) is 25.8. The Labute approximate surface area is 218 Å². The van der Waals surface area contributed by atoms with Gasteiger partial charge in [-0.15, -0.1) is 16.4 Å². The van der Waals surface area contributed by atoms with Crippen molar-refractivity contribution >= 4 is 51.5 Å². The maximum Gasteiger partial charge on any atom is 0.249 e. The van der Waals surface area contributed by atoms with Crippen LogP contribution in [-0.4, -0.2) is 38.8 Å². The molecule has 2 heterocycles. The van der Waals surface area contributed by atoms with Crippen LogP contribution in [0.2, 0.25) is 0 Å². The Balaban J connectivity index is 1.53. The van der Waals surface area contributed by atoms with Crippen LogP contribution in [0.25, 0.3) is 11.0 Å². The van der Waals surface area contributed by atoms with Crippen LogP contribution >= 0.6 is 11.3 Å². The third-order valence-electron chi connectivity index (χ3n) is 6.46. The molecule has 0 saturated heterocycles. The van der Waals surface area contributed by atoms with Gasteiger partial charge in [0.2, 0.25) is 17.7 Å². The molecule has 1 atom stereocenters. The first-order valence-corrected chi connectivity index (χ1v) is 13.2. The minimum atomic E-state index is -0.852. The highest BCUT2D eigenvalue weighted by Gasteiger charge is 2.35. The topological polar surface area (TPSA) is 109 Å². The van der Waals surface area contributed by atoms with Crippen LogP contribution in [-0.2, 0) is 20.9 Å². The van der Waals surface area contributed by atoms with E-state index in [-0.39, 0.29) is 30.3 Å². The first kappa shape index (κ1) is 24.6. The van der Waals surface area contributed by atoms with Crippen molar-refractivity contribution in [3.63, 3.8) is 0 Å². The van der Waals surface area contributed by atoms with E-state index in [1.807, 2.05) is 41.8 Å². The van der Waals surface area contributed by atoms with Crippen LogP contribution in [0.4, 0.5) is 11.4 Å². The summed E-state index contributed by atoms with van der Waals surface area (Å²) in [5, 5.41) is 16.2. The average Bonchev–Trinajstić information content (AvgIpc) is 3.66. The lowest BCUT2D eigenvalue weighted by molar-refractivity contribution is -0.127. The first-order chi connectivity index (χ1) is 18.0. The number of para-hydroxylation sites is 1. The molecule has 1 aliphatic carbocycles. The van der Waals surface area contributed by atoms with Crippen LogP contribution < -0.4 is 15.5 Å². The molecule has 0 spiro atoms. The smallest absolute Gasteiger partial charge is 0.249 e. The van der Waals surface area contributed by atoms with E-state index in [0.717, 1.165) is 36.1 Å². The van der Waals surface area contributed by atoms with E-state index >= 15 is 0 Å². The SMILES string of the molecule is CC(=O)Nc1ccc(N(C(=O)Cn2nnc3ccccc32)C(C(=O)NC2CCCC2)c2cccs2)cc1. The Morgan fingerprint density at radius 2 is 1.81 bits per heavy atom. The molecule has 1 unspecified atom stereocenters. The fraction of sp³-hybridized carbons (Fsp3) is 0.296. The lowest BCUT2D eigenvalue weighted by atomic mass is 10.1. The summed E-state index contributed by atoms with van der Waals surface area (Å²) in [7, 11) is 0. The number of nitrogens with one attached hydrogen (secondary N) is 2. The molecular weight excluding hydrogens is 488 g/mol. The molecule has 1 saturated carbocycles. The number of carbonyl (C=O) groups excluding carboxylic acids is 3. The maximum absolute atomic E-state index is 14.0. The highest BCUT2D eigenvalue weighted by molar-refractivity contribution is 7.10. The summed E-state index contributed by atoms with van der Waals surface area (Å²) < 4.78 is 1.55. The second-order valence-corrected chi connectivity index (χ2v) is 10.1. The largest absolute Gasteiger partial charge is 0.351 e. The molecule has 0 radical (unpaired) electrons. The number of thiophene rings is 1. The molecular formula is C27H28N6O3S. The van der Waals surface area contributed by atoms with E-state index in [1.54, 1.807) is 28.9 Å². The van der Waals surface area contributed by atoms with Gasteiger partial charge in [0.05, 0.1) is 5.52 Å². The number of amides is 3. The number of hydrogen-bond donors (Lipinski definition) is 2. The summed E-state index contributed by atoms with van der Waals surface area (Å²) in [6, 6.07) is 17.4. The van der Waals surface area contributed by atoms with Crippen LogP contribution in [0.15, 0.2) is 66.0 Å². The third kappa shape index (κ3) is 5.54. The maximum atomic E-state index is 14.0. The number of nitrogens with zero attached hydrogens (tertiary/aromatic N) is 4. The van der Waals surface area contributed by atoms with Gasteiger partial charge in [-0.2, -0.15) is 0 Å². The Kier molecular flexibility index (Phi) is 7.27. The van der Waals surface area contributed by atoms with Crippen LogP contribution in [0.1, 0.15) is 43.5 Å². The predicted octanol–water partition coefficient (Wildman–Crippen LogP) is 4.28. The summed E-state index contributed by atoms with van der Waals surface area (Å²) in [6.45, 7) is 1.35. The molecule has 37 heavy (non-hydrogen) atoms. The molecule has 0 bridgehead atoms. The van der Waals surface area contributed by atoms with Crippen molar-refractivity contribution in [3.8, 4) is 0 Å². The highest BCUT2D eigenvalue weighted by Crippen LogP contribution is 2.33. The fourth-order valence-electron chi connectivity index (χ4n) is 4.75. The second kappa shape index (κ2) is 10.9. The number of carbonyl (C=O) groups is 3. The molecule has 5 rings (SSSR count). The zero-order valence-electron chi connectivity index (χ0n) is 20.5. The van der Waals surface area contributed by atoms with Crippen molar-refractivity contribution < 1.29 is 14.4 Å². The van der Waals surface area contributed by atoms with Crippen molar-refractivity contribution in [2.45, 2.75) is 51.2 Å². The lowest BCUT2D eigenvalue weighted by Crippen LogP contribution is -2.47. The van der Waals surface area contributed by atoms with E-state index in [1.165, 1.54) is 23.2 Å². The molecule has 0 aliphatic heterocycles. The Morgan fingerprint density at radius 1 is 1.05 bits per heavy atom. The predicted molar refractivity (Wildman–Crippen MR) is 143 cm³/mol. The fourth-order valence-corrected chi connectivity index (χ4v) is 5.57. The van der Waals surface area contributed by atoms with E-state index < -0.39 is 6.04 Å². The zero-order valence-corrected chi connectivity index (χ0v) is 21.3. The summed E-state index contributed by atoms with van der Waals surface area (Å²) in [6.07, 6.45) is 4.04. The molecule has 10 heteroatoms. The quantitative estimate of drug-likeness (QED) is 0.363. The molecule has 1 aliphatic rings. The van der Waals surface area contributed by atoms with E-state index in [2.05, 4.69) is 20.9 Å². The number of benzene rings is 2. The van der Waals surface area contributed by atoms with Gasteiger partial charge in [-0.25, -0.2) is 4.68 Å². The normalized spacial score (nSPS) is 14.4. The van der Waals surface area contributed by atoms with Gasteiger partial charge in [-0.05, 0) is 60.7 Å². The minimum Gasteiger partial charge on any atom is -0.351 e. The minimum absolute atomic E-state index is 0.0907. The Hall–Kier alpha value is -4.05. The van der Waals surface area contributed by atoms with Crippen LogP contribution in [0.5, 0.6) is 0 Å². The monoisotopic (exact) mass is 516 g/mol. The first-order valence-electron chi connectivity index (χ1n) is 12.3. The Bertz CT molecular complexity index is 1390. The van der Waals surface area contributed by atoms with E-state index in [9.17, 15) is 14.4 Å². The second-order valence-electron chi connectivity index (χ2n) is 9.14. The average molecular weight is 517 g/mol. The third-order valence-corrected chi connectivity index (χ3v) is 7.39. The van der Waals surface area contributed by atoms with Gasteiger partial charge >= 0.3 is 0 Å². The van der Waals surface area contributed by atoms with Crippen molar-refractivity contribution in [2.75, 3.05) is 10.2 Å². The van der Waals surface area contributed by atoms with Crippen molar-refractivity contribution in [3.05, 3.63) is 70.9 Å². The standard InChI is InChI=1S/C27H28N6O3S/c1-18(34)28-20-12-14-21(15-13-20)33(25(35)17-32-23-10-5-4-9-22(23)30-31-32)26(24-11-6-16-37-24)27(36)29-19-7-2-3-8-19/h4-6,9-16,19,26H,2-3,7-8,17H2,1H3,(H,28,34)(H,29,36). The van der Waals surface area contributed by atoms with Gasteiger partial charge < -0.3 is 10.6 Å². The van der Waals surface area contributed by atoms with Crippen LogP contribution in [0.3, 0.4) is 0 Å². The molecule has 2 aromatic heterocycles. The van der Waals surface area contributed by atoms with Crippen molar-refractivity contribution in [1.29, 1.82) is 0 Å².